The van der Waals surface area contributed by atoms with Crippen LogP contribution in [0.2, 0.25) is 0 Å². The molecule has 0 saturated heterocycles. The van der Waals surface area contributed by atoms with Gasteiger partial charge < -0.3 is 15.0 Å². The van der Waals surface area contributed by atoms with Gasteiger partial charge in [0.15, 0.2) is 0 Å². The molecule has 2 aromatic rings. The summed E-state index contributed by atoms with van der Waals surface area (Å²) in [7, 11) is 5.69. The lowest BCUT2D eigenvalue weighted by atomic mass is 10.0. The van der Waals surface area contributed by atoms with Gasteiger partial charge in [-0.05, 0) is 43.6 Å². The highest BCUT2D eigenvalue weighted by molar-refractivity contribution is 5.78. The quantitative estimate of drug-likeness (QED) is 0.731. The molecule has 0 fully saturated rings. The molecule has 0 spiro atoms. The lowest BCUT2D eigenvalue weighted by Gasteiger charge is -2.26. The van der Waals surface area contributed by atoms with E-state index in [1.165, 1.54) is 5.56 Å². The van der Waals surface area contributed by atoms with E-state index in [4.69, 9.17) is 4.74 Å². The minimum absolute atomic E-state index is 0.0355. The minimum Gasteiger partial charge on any atom is -0.496 e. The molecule has 0 aromatic heterocycles. The molecule has 0 bridgehead atoms. The van der Waals surface area contributed by atoms with Crippen LogP contribution in [0.3, 0.4) is 0 Å². The van der Waals surface area contributed by atoms with Gasteiger partial charge in [-0.1, -0.05) is 56.3 Å². The van der Waals surface area contributed by atoms with Gasteiger partial charge in [0.2, 0.25) is 5.91 Å². The van der Waals surface area contributed by atoms with E-state index in [2.05, 4.69) is 48.3 Å². The van der Waals surface area contributed by atoms with Crippen molar-refractivity contribution >= 4 is 5.91 Å². The predicted molar refractivity (Wildman–Crippen MR) is 111 cm³/mol. The molecule has 146 valence electrons. The third-order valence-electron chi connectivity index (χ3n) is 4.65. The molecule has 0 aliphatic rings. The molecular formula is C23H32N2O2. The molecule has 1 amide bonds. The van der Waals surface area contributed by atoms with E-state index >= 15 is 0 Å². The fourth-order valence-electron chi connectivity index (χ4n) is 3.24. The summed E-state index contributed by atoms with van der Waals surface area (Å²) in [5.41, 5.74) is 3.43. The molecule has 2 rings (SSSR count). The third-order valence-corrected chi connectivity index (χ3v) is 4.65. The lowest BCUT2D eigenvalue weighted by molar-refractivity contribution is -0.120. The van der Waals surface area contributed by atoms with Gasteiger partial charge >= 0.3 is 0 Å². The Hall–Kier alpha value is -2.33. The molecule has 1 unspecified atom stereocenters. The summed E-state index contributed by atoms with van der Waals surface area (Å²) in [4.78, 5) is 14.5. The molecule has 0 radical (unpaired) electrons. The topological polar surface area (TPSA) is 41.6 Å². The smallest absolute Gasteiger partial charge is 0.224 e. The Morgan fingerprint density at radius 1 is 1.04 bits per heavy atom. The second kappa shape index (κ2) is 10.1. The summed E-state index contributed by atoms with van der Waals surface area (Å²) in [5.74, 6) is 1.51. The second-order valence-corrected chi connectivity index (χ2v) is 7.62. The zero-order valence-electron chi connectivity index (χ0n) is 17.2. The molecule has 4 nitrogen and oxygen atoms in total. The van der Waals surface area contributed by atoms with E-state index in [9.17, 15) is 4.79 Å². The Labute approximate surface area is 163 Å². The van der Waals surface area contributed by atoms with Gasteiger partial charge in [-0.25, -0.2) is 0 Å². The van der Waals surface area contributed by atoms with Crippen molar-refractivity contribution in [2.45, 2.75) is 32.7 Å². The first kappa shape index (κ1) is 21.0. The first-order chi connectivity index (χ1) is 12.9. The molecule has 27 heavy (non-hydrogen) atoms. The number of nitrogens with one attached hydrogen (secondary N) is 1. The number of nitrogens with zero attached hydrogens (tertiary/aromatic N) is 1. The SMILES string of the molecule is COc1ccccc1C(CNC(=O)Cc1ccc(CC(C)C)cc1)N(C)C. The summed E-state index contributed by atoms with van der Waals surface area (Å²) < 4.78 is 5.48. The van der Waals surface area contributed by atoms with E-state index < -0.39 is 0 Å². The van der Waals surface area contributed by atoms with Crippen LogP contribution in [-0.2, 0) is 17.6 Å². The molecule has 2 aromatic carbocycles. The van der Waals surface area contributed by atoms with Crippen molar-refractivity contribution < 1.29 is 9.53 Å². The third kappa shape index (κ3) is 6.40. The Morgan fingerprint density at radius 2 is 1.67 bits per heavy atom. The van der Waals surface area contributed by atoms with Gasteiger partial charge in [0.1, 0.15) is 5.75 Å². The van der Waals surface area contributed by atoms with Crippen molar-refractivity contribution in [3.05, 3.63) is 65.2 Å². The number of methoxy groups -OCH3 is 1. The molecular weight excluding hydrogens is 336 g/mol. The zero-order valence-corrected chi connectivity index (χ0v) is 17.2. The van der Waals surface area contributed by atoms with Crippen LogP contribution in [0.5, 0.6) is 5.75 Å². The van der Waals surface area contributed by atoms with Crippen molar-refractivity contribution in [1.82, 2.24) is 10.2 Å². The van der Waals surface area contributed by atoms with Crippen LogP contribution in [0, 0.1) is 5.92 Å². The number of para-hydroxylation sites is 1. The van der Waals surface area contributed by atoms with Crippen molar-refractivity contribution in [2.24, 2.45) is 5.92 Å². The summed E-state index contributed by atoms with van der Waals surface area (Å²) in [6.07, 6.45) is 1.46. The average Bonchev–Trinajstić information content (AvgIpc) is 2.63. The number of carbonyl (C=O) groups excluding carboxylic acids is 1. The molecule has 0 heterocycles. The molecule has 1 N–H and O–H groups in total. The molecule has 0 aliphatic heterocycles. The van der Waals surface area contributed by atoms with E-state index in [-0.39, 0.29) is 11.9 Å². The van der Waals surface area contributed by atoms with Crippen LogP contribution in [0.1, 0.15) is 36.6 Å². The normalized spacial score (nSPS) is 12.3. The highest BCUT2D eigenvalue weighted by atomic mass is 16.5. The number of benzene rings is 2. The predicted octanol–water partition coefficient (Wildman–Crippen LogP) is 3.86. The molecule has 4 heteroatoms. The van der Waals surface area contributed by atoms with Crippen LogP contribution in [0.4, 0.5) is 0 Å². The summed E-state index contributed by atoms with van der Waals surface area (Å²) in [5, 5.41) is 3.07. The van der Waals surface area contributed by atoms with E-state index in [1.54, 1.807) is 7.11 Å². The fourth-order valence-corrected chi connectivity index (χ4v) is 3.24. The number of rotatable bonds is 9. The second-order valence-electron chi connectivity index (χ2n) is 7.62. The Balaban J connectivity index is 1.96. The number of carbonyl (C=O) groups is 1. The molecule has 0 saturated carbocycles. The fraction of sp³-hybridized carbons (Fsp3) is 0.435. The zero-order chi connectivity index (χ0) is 19.8. The first-order valence-electron chi connectivity index (χ1n) is 9.54. The van der Waals surface area contributed by atoms with Crippen LogP contribution in [0.25, 0.3) is 0 Å². The number of ether oxygens (including phenoxy) is 1. The van der Waals surface area contributed by atoms with Crippen molar-refractivity contribution in [1.29, 1.82) is 0 Å². The number of amides is 1. The largest absolute Gasteiger partial charge is 0.496 e. The van der Waals surface area contributed by atoms with Gasteiger partial charge in [0, 0.05) is 12.1 Å². The molecule has 0 aliphatic carbocycles. The maximum absolute atomic E-state index is 12.4. The van der Waals surface area contributed by atoms with Crippen molar-refractivity contribution in [2.75, 3.05) is 27.7 Å². The maximum Gasteiger partial charge on any atom is 0.224 e. The van der Waals surface area contributed by atoms with E-state index in [0.717, 1.165) is 23.3 Å². The van der Waals surface area contributed by atoms with Crippen molar-refractivity contribution in [3.63, 3.8) is 0 Å². The van der Waals surface area contributed by atoms with Gasteiger partial charge in [-0.2, -0.15) is 0 Å². The van der Waals surface area contributed by atoms with Gasteiger partial charge in [-0.15, -0.1) is 0 Å². The Kier molecular flexibility index (Phi) is 7.86. The maximum atomic E-state index is 12.4. The lowest BCUT2D eigenvalue weighted by Crippen LogP contribution is -2.35. The van der Waals surface area contributed by atoms with Crippen LogP contribution < -0.4 is 10.1 Å². The van der Waals surface area contributed by atoms with Gasteiger partial charge in [-0.3, -0.25) is 4.79 Å². The van der Waals surface area contributed by atoms with E-state index in [0.29, 0.717) is 18.9 Å². The summed E-state index contributed by atoms with van der Waals surface area (Å²) in [6.45, 7) is 4.96. The first-order valence-corrected chi connectivity index (χ1v) is 9.54. The number of hydrogen-bond acceptors (Lipinski definition) is 3. The van der Waals surface area contributed by atoms with Crippen LogP contribution >= 0.6 is 0 Å². The van der Waals surface area contributed by atoms with Crippen molar-refractivity contribution in [3.8, 4) is 5.75 Å². The monoisotopic (exact) mass is 368 g/mol. The highest BCUT2D eigenvalue weighted by Gasteiger charge is 2.19. The number of hydrogen-bond donors (Lipinski definition) is 1. The van der Waals surface area contributed by atoms with Gasteiger partial charge in [0.25, 0.3) is 0 Å². The number of likely N-dealkylation sites (N-methyl/N-ethyl adjacent to an activating group) is 1. The standard InChI is InChI=1S/C23H32N2O2/c1-17(2)14-18-10-12-19(13-11-18)15-23(26)24-16-21(25(3)4)20-8-6-7-9-22(20)27-5/h6-13,17,21H,14-16H2,1-5H3,(H,24,26). The Bertz CT molecular complexity index is 723. The summed E-state index contributed by atoms with van der Waals surface area (Å²) >= 11 is 0. The highest BCUT2D eigenvalue weighted by Crippen LogP contribution is 2.27. The summed E-state index contributed by atoms with van der Waals surface area (Å²) in [6, 6.07) is 16.4. The van der Waals surface area contributed by atoms with Gasteiger partial charge in [0.05, 0.1) is 19.6 Å². The Morgan fingerprint density at radius 3 is 2.26 bits per heavy atom. The van der Waals surface area contributed by atoms with E-state index in [1.807, 2.05) is 38.4 Å². The average molecular weight is 369 g/mol. The minimum atomic E-state index is 0.0355. The molecule has 1 atom stereocenters. The van der Waals surface area contributed by atoms with Crippen LogP contribution in [0.15, 0.2) is 48.5 Å². The van der Waals surface area contributed by atoms with Crippen LogP contribution in [-0.4, -0.2) is 38.6 Å².